The maximum atomic E-state index is 4.29. The molecule has 0 spiro atoms. The number of aryl methyl sites for hydroxylation is 1. The van der Waals surface area contributed by atoms with Crippen molar-refractivity contribution in [1.82, 2.24) is 0 Å². The molecule has 1 aliphatic heterocycles. The lowest BCUT2D eigenvalue weighted by molar-refractivity contribution is 0.937. The first-order valence-electron chi connectivity index (χ1n) is 4.60. The molecule has 0 bridgehead atoms. The van der Waals surface area contributed by atoms with E-state index in [4.69, 9.17) is 0 Å². The third-order valence-electron chi connectivity index (χ3n) is 2.28. The van der Waals surface area contributed by atoms with Crippen LogP contribution in [0.3, 0.4) is 0 Å². The predicted molar refractivity (Wildman–Crippen MR) is 60.4 cm³/mol. The average Bonchev–Trinajstić information content (AvgIpc) is 2.61. The Bertz CT molecular complexity index is 331. The highest BCUT2D eigenvalue weighted by atomic mass is 79.9. The van der Waals surface area contributed by atoms with Crippen molar-refractivity contribution >= 4 is 27.8 Å². The first kappa shape index (κ1) is 8.95. The van der Waals surface area contributed by atoms with Crippen molar-refractivity contribution in [3.8, 4) is 0 Å². The van der Waals surface area contributed by atoms with Gasteiger partial charge in [-0.3, -0.25) is 4.99 Å². The van der Waals surface area contributed by atoms with E-state index >= 15 is 0 Å². The Morgan fingerprint density at radius 2 is 2.31 bits per heavy atom. The minimum atomic E-state index is 1.01. The lowest BCUT2D eigenvalue weighted by Gasteiger charge is -2.02. The summed E-state index contributed by atoms with van der Waals surface area (Å²) in [5, 5.41) is 1.08. The van der Waals surface area contributed by atoms with Crippen LogP contribution in [0.15, 0.2) is 23.2 Å². The first-order chi connectivity index (χ1) is 6.40. The fraction of sp³-hybridized carbons (Fsp3) is 0.364. The zero-order valence-corrected chi connectivity index (χ0v) is 9.05. The van der Waals surface area contributed by atoms with E-state index in [9.17, 15) is 0 Å². The topological polar surface area (TPSA) is 12.4 Å². The zero-order valence-electron chi connectivity index (χ0n) is 7.46. The molecular weight excluding hydrogens is 226 g/mol. The minimum Gasteiger partial charge on any atom is -0.261 e. The molecule has 1 nitrogen and oxygen atoms in total. The van der Waals surface area contributed by atoms with Gasteiger partial charge in [0.05, 0.1) is 5.69 Å². The SMILES string of the molecule is BrCCCc1ccc2c(c1)CC=N2. The molecule has 0 saturated heterocycles. The number of rotatable bonds is 3. The standard InChI is InChI=1S/C11H12BrN/c12-6-1-2-9-3-4-11-10(8-9)5-7-13-11/h3-4,7-8H,1-2,5-6H2. The van der Waals surface area contributed by atoms with Gasteiger partial charge in [-0.25, -0.2) is 0 Å². The van der Waals surface area contributed by atoms with Crippen LogP contribution in [0.2, 0.25) is 0 Å². The number of benzene rings is 1. The zero-order chi connectivity index (χ0) is 9.10. The van der Waals surface area contributed by atoms with E-state index in [0.29, 0.717) is 0 Å². The molecule has 0 amide bonds. The van der Waals surface area contributed by atoms with Crippen molar-refractivity contribution in [1.29, 1.82) is 0 Å². The van der Waals surface area contributed by atoms with Crippen LogP contribution < -0.4 is 0 Å². The lowest BCUT2D eigenvalue weighted by atomic mass is 10.0. The summed E-state index contributed by atoms with van der Waals surface area (Å²) in [6, 6.07) is 6.59. The highest BCUT2D eigenvalue weighted by molar-refractivity contribution is 9.09. The maximum absolute atomic E-state index is 4.29. The second kappa shape index (κ2) is 4.05. The van der Waals surface area contributed by atoms with E-state index in [-0.39, 0.29) is 0 Å². The summed E-state index contributed by atoms with van der Waals surface area (Å²) in [5.74, 6) is 0. The molecule has 0 saturated carbocycles. The second-order valence-electron chi connectivity index (χ2n) is 3.27. The fourth-order valence-electron chi connectivity index (χ4n) is 1.60. The van der Waals surface area contributed by atoms with Gasteiger partial charge in [-0.2, -0.15) is 0 Å². The van der Waals surface area contributed by atoms with Gasteiger partial charge in [0.15, 0.2) is 0 Å². The summed E-state index contributed by atoms with van der Waals surface area (Å²) in [7, 11) is 0. The largest absolute Gasteiger partial charge is 0.261 e. The van der Waals surface area contributed by atoms with Crippen LogP contribution in [0.25, 0.3) is 0 Å². The van der Waals surface area contributed by atoms with E-state index in [1.807, 2.05) is 6.21 Å². The highest BCUT2D eigenvalue weighted by Gasteiger charge is 2.06. The fourth-order valence-corrected chi connectivity index (χ4v) is 1.88. The Labute approximate surface area is 87.0 Å². The quantitative estimate of drug-likeness (QED) is 0.716. The molecule has 0 fully saturated rings. The summed E-state index contributed by atoms with van der Waals surface area (Å²) >= 11 is 3.44. The Balaban J connectivity index is 2.14. The van der Waals surface area contributed by atoms with Gasteiger partial charge >= 0.3 is 0 Å². The minimum absolute atomic E-state index is 1.01. The van der Waals surface area contributed by atoms with Crippen LogP contribution in [-0.4, -0.2) is 11.5 Å². The Morgan fingerprint density at radius 3 is 3.15 bits per heavy atom. The molecule has 0 N–H and O–H groups in total. The van der Waals surface area contributed by atoms with Gasteiger partial charge < -0.3 is 0 Å². The molecular formula is C11H12BrN. The molecule has 1 aromatic rings. The monoisotopic (exact) mass is 237 g/mol. The number of nitrogens with zero attached hydrogens (tertiary/aromatic N) is 1. The molecule has 13 heavy (non-hydrogen) atoms. The summed E-state index contributed by atoms with van der Waals surface area (Å²) in [5.41, 5.74) is 3.97. The van der Waals surface area contributed by atoms with E-state index in [0.717, 1.165) is 17.4 Å². The van der Waals surface area contributed by atoms with Crippen molar-refractivity contribution in [2.45, 2.75) is 19.3 Å². The molecule has 0 aromatic heterocycles. The number of halogens is 1. The molecule has 68 valence electrons. The van der Waals surface area contributed by atoms with Gasteiger partial charge in [-0.15, -0.1) is 0 Å². The van der Waals surface area contributed by atoms with Crippen molar-refractivity contribution in [2.24, 2.45) is 4.99 Å². The average molecular weight is 238 g/mol. The summed E-state index contributed by atoms with van der Waals surface area (Å²) < 4.78 is 0. The van der Waals surface area contributed by atoms with E-state index in [1.54, 1.807) is 0 Å². The van der Waals surface area contributed by atoms with Crippen molar-refractivity contribution in [2.75, 3.05) is 5.33 Å². The number of alkyl halides is 1. The molecule has 1 aliphatic rings. The van der Waals surface area contributed by atoms with Crippen LogP contribution in [-0.2, 0) is 12.8 Å². The number of fused-ring (bicyclic) bond motifs is 1. The molecule has 2 rings (SSSR count). The first-order valence-corrected chi connectivity index (χ1v) is 5.72. The highest BCUT2D eigenvalue weighted by Crippen LogP contribution is 2.25. The second-order valence-corrected chi connectivity index (χ2v) is 4.06. The van der Waals surface area contributed by atoms with Crippen molar-refractivity contribution in [3.05, 3.63) is 29.3 Å². The lowest BCUT2D eigenvalue weighted by Crippen LogP contribution is -1.88. The summed E-state index contributed by atoms with van der Waals surface area (Å²) in [6.07, 6.45) is 5.37. The smallest absolute Gasteiger partial charge is 0.0661 e. The number of hydrogen-bond donors (Lipinski definition) is 0. The number of hydrogen-bond acceptors (Lipinski definition) is 1. The predicted octanol–water partition coefficient (Wildman–Crippen LogP) is 3.27. The van der Waals surface area contributed by atoms with Crippen LogP contribution in [0.5, 0.6) is 0 Å². The molecule has 2 heteroatoms. The van der Waals surface area contributed by atoms with Crippen molar-refractivity contribution in [3.63, 3.8) is 0 Å². The number of aliphatic imine (C=N–C) groups is 1. The molecule has 0 atom stereocenters. The van der Waals surface area contributed by atoms with Gasteiger partial charge in [0.2, 0.25) is 0 Å². The molecule has 1 aromatic carbocycles. The van der Waals surface area contributed by atoms with E-state index < -0.39 is 0 Å². The van der Waals surface area contributed by atoms with E-state index in [2.05, 4.69) is 39.1 Å². The van der Waals surface area contributed by atoms with Crippen LogP contribution in [0.4, 0.5) is 5.69 Å². The molecule has 1 heterocycles. The van der Waals surface area contributed by atoms with Gasteiger partial charge in [0.1, 0.15) is 0 Å². The molecule has 0 unspecified atom stereocenters. The Kier molecular flexibility index (Phi) is 2.79. The van der Waals surface area contributed by atoms with E-state index in [1.165, 1.54) is 24.0 Å². The molecule has 0 aliphatic carbocycles. The normalized spacial score (nSPS) is 13.3. The Hall–Kier alpha value is -0.630. The Morgan fingerprint density at radius 1 is 1.38 bits per heavy atom. The summed E-state index contributed by atoms with van der Waals surface area (Å²) in [4.78, 5) is 4.29. The van der Waals surface area contributed by atoms with Crippen LogP contribution in [0, 0.1) is 0 Å². The summed E-state index contributed by atoms with van der Waals surface area (Å²) in [6.45, 7) is 0. The maximum Gasteiger partial charge on any atom is 0.0661 e. The van der Waals surface area contributed by atoms with Gasteiger partial charge in [0, 0.05) is 18.0 Å². The van der Waals surface area contributed by atoms with Gasteiger partial charge in [0.25, 0.3) is 0 Å². The molecule has 0 radical (unpaired) electrons. The van der Waals surface area contributed by atoms with Gasteiger partial charge in [-0.05, 0) is 30.0 Å². The van der Waals surface area contributed by atoms with Crippen LogP contribution >= 0.6 is 15.9 Å². The van der Waals surface area contributed by atoms with Crippen molar-refractivity contribution < 1.29 is 0 Å². The third kappa shape index (κ3) is 1.99. The third-order valence-corrected chi connectivity index (χ3v) is 2.85. The van der Waals surface area contributed by atoms with Gasteiger partial charge in [-0.1, -0.05) is 28.1 Å². The van der Waals surface area contributed by atoms with Crippen LogP contribution in [0.1, 0.15) is 17.5 Å².